The summed E-state index contributed by atoms with van der Waals surface area (Å²) in [5.74, 6) is 0.207. The van der Waals surface area contributed by atoms with E-state index in [-0.39, 0.29) is 11.4 Å². The van der Waals surface area contributed by atoms with Crippen LogP contribution in [-0.4, -0.2) is 11.4 Å². The van der Waals surface area contributed by atoms with Crippen LogP contribution in [0, 0.1) is 0 Å². The van der Waals surface area contributed by atoms with Crippen molar-refractivity contribution in [2.75, 3.05) is 0 Å². The van der Waals surface area contributed by atoms with E-state index >= 15 is 0 Å². The molecule has 0 radical (unpaired) electrons. The van der Waals surface area contributed by atoms with Gasteiger partial charge in [-0.05, 0) is 27.2 Å². The van der Waals surface area contributed by atoms with Crippen molar-refractivity contribution in [2.24, 2.45) is 0 Å². The molecule has 0 bridgehead atoms. The third-order valence-electron chi connectivity index (χ3n) is 5.02. The summed E-state index contributed by atoms with van der Waals surface area (Å²) in [5, 5.41) is 3.03. The predicted octanol–water partition coefficient (Wildman–Crippen LogP) is 7.94. The van der Waals surface area contributed by atoms with Crippen molar-refractivity contribution in [1.29, 1.82) is 0 Å². The maximum absolute atomic E-state index is 11.7. The summed E-state index contributed by atoms with van der Waals surface area (Å²) in [6.07, 6.45) is 24.1. The predicted molar refractivity (Wildman–Crippen MR) is 117 cm³/mol. The molecule has 1 N–H and O–H groups in total. The second-order valence-electron chi connectivity index (χ2n) is 9.21. The van der Waals surface area contributed by atoms with Crippen LogP contribution in [0.3, 0.4) is 0 Å². The van der Waals surface area contributed by atoms with Gasteiger partial charge in [-0.2, -0.15) is 0 Å². The number of carbonyl (C=O) groups excluding carboxylic acids is 1. The molecule has 0 aliphatic heterocycles. The molecule has 0 heterocycles. The van der Waals surface area contributed by atoms with Gasteiger partial charge in [0.05, 0.1) is 0 Å². The number of hydrogen-bond acceptors (Lipinski definition) is 1. The van der Waals surface area contributed by atoms with Crippen LogP contribution >= 0.6 is 0 Å². The summed E-state index contributed by atoms with van der Waals surface area (Å²) < 4.78 is 0. The summed E-state index contributed by atoms with van der Waals surface area (Å²) in [6, 6.07) is 0. The number of amides is 1. The Morgan fingerprint density at radius 2 is 0.885 bits per heavy atom. The van der Waals surface area contributed by atoms with Crippen molar-refractivity contribution in [3.05, 3.63) is 0 Å². The maximum atomic E-state index is 11.7. The van der Waals surface area contributed by atoms with Gasteiger partial charge in [-0.15, -0.1) is 0 Å². The average Bonchev–Trinajstić information content (AvgIpc) is 2.56. The fourth-order valence-electron chi connectivity index (χ4n) is 3.49. The van der Waals surface area contributed by atoms with E-state index < -0.39 is 0 Å². The third kappa shape index (κ3) is 21.5. The first-order valence-electron chi connectivity index (χ1n) is 11.8. The Morgan fingerprint density at radius 3 is 1.19 bits per heavy atom. The van der Waals surface area contributed by atoms with Crippen molar-refractivity contribution >= 4 is 5.91 Å². The molecule has 0 saturated carbocycles. The Bertz CT molecular complexity index is 306. The second kappa shape index (κ2) is 17.9. The van der Waals surface area contributed by atoms with E-state index in [0.717, 1.165) is 6.42 Å². The molecule has 26 heavy (non-hydrogen) atoms. The molecule has 0 aliphatic rings. The zero-order chi connectivity index (χ0) is 19.5. The Balaban J connectivity index is 3.12. The fraction of sp³-hybridized carbons (Fsp3) is 0.958. The zero-order valence-corrected chi connectivity index (χ0v) is 18.6. The molecule has 0 aromatic carbocycles. The van der Waals surface area contributed by atoms with E-state index in [4.69, 9.17) is 0 Å². The molecule has 0 atom stereocenters. The average molecular weight is 368 g/mol. The zero-order valence-electron chi connectivity index (χ0n) is 18.6. The van der Waals surface area contributed by atoms with Gasteiger partial charge in [0.1, 0.15) is 0 Å². The molecule has 2 heteroatoms. The van der Waals surface area contributed by atoms with E-state index in [1.54, 1.807) is 0 Å². The Labute approximate surface area is 165 Å². The summed E-state index contributed by atoms with van der Waals surface area (Å²) >= 11 is 0. The van der Waals surface area contributed by atoms with Gasteiger partial charge in [0.25, 0.3) is 0 Å². The molecule has 0 aliphatic carbocycles. The van der Waals surface area contributed by atoms with Gasteiger partial charge in [-0.25, -0.2) is 0 Å². The highest BCUT2D eigenvalue weighted by Gasteiger charge is 2.12. The van der Waals surface area contributed by atoms with Crippen molar-refractivity contribution < 1.29 is 4.79 Å². The minimum atomic E-state index is -0.0916. The molecule has 0 saturated heterocycles. The van der Waals surface area contributed by atoms with Crippen LogP contribution in [0.4, 0.5) is 0 Å². The van der Waals surface area contributed by atoms with Crippen LogP contribution in [0.2, 0.25) is 0 Å². The molecule has 0 spiro atoms. The first-order chi connectivity index (χ1) is 12.5. The first-order valence-corrected chi connectivity index (χ1v) is 11.8. The van der Waals surface area contributed by atoms with Gasteiger partial charge < -0.3 is 5.32 Å². The topological polar surface area (TPSA) is 29.1 Å². The molecule has 1 amide bonds. The lowest BCUT2D eigenvalue weighted by Crippen LogP contribution is -2.40. The fourth-order valence-corrected chi connectivity index (χ4v) is 3.49. The molecular weight excluding hydrogens is 318 g/mol. The monoisotopic (exact) mass is 367 g/mol. The summed E-state index contributed by atoms with van der Waals surface area (Å²) in [7, 11) is 0. The van der Waals surface area contributed by atoms with E-state index in [1.165, 1.54) is 103 Å². The van der Waals surface area contributed by atoms with Crippen LogP contribution in [0.5, 0.6) is 0 Å². The molecule has 0 aromatic rings. The molecular formula is C24H49NO. The van der Waals surface area contributed by atoms with Crippen LogP contribution < -0.4 is 5.32 Å². The second-order valence-corrected chi connectivity index (χ2v) is 9.21. The standard InChI is InChI=1S/C24H49NO/c1-5-6-7-8-9-10-11-12-13-14-15-16-17-18-19-20-21-22-23(26)25-24(2,3)4/h5-22H2,1-4H3,(H,25,26). The lowest BCUT2D eigenvalue weighted by molar-refractivity contribution is -0.122. The van der Waals surface area contributed by atoms with Gasteiger partial charge in [0, 0.05) is 12.0 Å². The molecule has 0 fully saturated rings. The van der Waals surface area contributed by atoms with E-state index in [0.29, 0.717) is 6.42 Å². The summed E-state index contributed by atoms with van der Waals surface area (Å²) in [4.78, 5) is 11.7. The summed E-state index contributed by atoms with van der Waals surface area (Å²) in [6.45, 7) is 8.41. The Hall–Kier alpha value is -0.530. The molecule has 0 aromatic heterocycles. The Morgan fingerprint density at radius 1 is 0.577 bits per heavy atom. The smallest absolute Gasteiger partial charge is 0.220 e. The number of rotatable bonds is 18. The van der Waals surface area contributed by atoms with E-state index in [9.17, 15) is 4.79 Å². The van der Waals surface area contributed by atoms with Crippen LogP contribution in [0.25, 0.3) is 0 Å². The van der Waals surface area contributed by atoms with Gasteiger partial charge >= 0.3 is 0 Å². The number of nitrogens with one attached hydrogen (secondary N) is 1. The Kier molecular flexibility index (Phi) is 17.5. The highest BCUT2D eigenvalue weighted by Crippen LogP contribution is 2.14. The van der Waals surface area contributed by atoms with Crippen molar-refractivity contribution in [2.45, 2.75) is 149 Å². The SMILES string of the molecule is CCCCCCCCCCCCCCCCCCCC(=O)NC(C)(C)C. The minimum absolute atomic E-state index is 0.0916. The van der Waals surface area contributed by atoms with Gasteiger partial charge in [0.15, 0.2) is 0 Å². The number of hydrogen-bond donors (Lipinski definition) is 1. The highest BCUT2D eigenvalue weighted by molar-refractivity contribution is 5.76. The normalized spacial score (nSPS) is 11.7. The number of carbonyl (C=O) groups is 1. The minimum Gasteiger partial charge on any atom is -0.352 e. The van der Waals surface area contributed by atoms with Crippen LogP contribution in [0.1, 0.15) is 143 Å². The summed E-state index contributed by atoms with van der Waals surface area (Å²) in [5.41, 5.74) is -0.0916. The first kappa shape index (κ1) is 25.5. The molecule has 0 unspecified atom stereocenters. The quantitative estimate of drug-likeness (QED) is 0.245. The maximum Gasteiger partial charge on any atom is 0.220 e. The van der Waals surface area contributed by atoms with Crippen LogP contribution in [-0.2, 0) is 4.79 Å². The number of unbranched alkanes of at least 4 members (excludes halogenated alkanes) is 16. The van der Waals surface area contributed by atoms with Gasteiger partial charge in [-0.3, -0.25) is 4.79 Å². The lowest BCUT2D eigenvalue weighted by Gasteiger charge is -2.20. The van der Waals surface area contributed by atoms with Crippen molar-refractivity contribution in [1.82, 2.24) is 5.32 Å². The molecule has 2 nitrogen and oxygen atoms in total. The van der Waals surface area contributed by atoms with Crippen LogP contribution in [0.15, 0.2) is 0 Å². The molecule has 156 valence electrons. The molecule has 0 rings (SSSR count). The van der Waals surface area contributed by atoms with E-state index in [2.05, 4.69) is 12.2 Å². The lowest BCUT2D eigenvalue weighted by atomic mass is 10.0. The van der Waals surface area contributed by atoms with E-state index in [1.807, 2.05) is 20.8 Å². The van der Waals surface area contributed by atoms with Gasteiger partial charge in [-0.1, -0.05) is 110 Å². The van der Waals surface area contributed by atoms with Crippen molar-refractivity contribution in [3.8, 4) is 0 Å². The largest absolute Gasteiger partial charge is 0.352 e. The van der Waals surface area contributed by atoms with Gasteiger partial charge in [0.2, 0.25) is 5.91 Å². The highest BCUT2D eigenvalue weighted by atomic mass is 16.1. The third-order valence-corrected chi connectivity index (χ3v) is 5.02. The van der Waals surface area contributed by atoms with Crippen molar-refractivity contribution in [3.63, 3.8) is 0 Å².